The Morgan fingerprint density at radius 2 is 1.80 bits per heavy atom. The van der Waals surface area contributed by atoms with Gasteiger partial charge in [-0.15, -0.1) is 0 Å². The molecule has 0 atom stereocenters. The summed E-state index contributed by atoms with van der Waals surface area (Å²) in [4.78, 5) is 27.2. The van der Waals surface area contributed by atoms with Gasteiger partial charge in [-0.2, -0.15) is 0 Å². The molecule has 0 radical (unpaired) electrons. The van der Waals surface area contributed by atoms with E-state index < -0.39 is 0 Å². The maximum atomic E-state index is 12.2. The van der Waals surface area contributed by atoms with Gasteiger partial charge in [-0.1, -0.05) is 30.1 Å². The second-order valence-electron chi connectivity index (χ2n) is 4.64. The third kappa shape index (κ3) is 4.78. The zero-order valence-corrected chi connectivity index (χ0v) is 13.3. The smallest absolute Gasteiger partial charge is 0.236 e. The molecule has 1 amide bonds. The van der Waals surface area contributed by atoms with Crippen LogP contribution in [0.25, 0.3) is 0 Å². The van der Waals surface area contributed by atoms with Crippen LogP contribution >= 0.6 is 23.2 Å². The fourth-order valence-corrected chi connectivity index (χ4v) is 2.13. The maximum absolute atomic E-state index is 12.2. The highest BCUT2D eigenvalue weighted by Crippen LogP contribution is 2.21. The molecule has 0 spiro atoms. The number of carbonyl (C=O) groups is 2. The van der Waals surface area contributed by atoms with E-state index >= 15 is 0 Å². The van der Waals surface area contributed by atoms with Gasteiger partial charge in [0.15, 0.2) is 5.78 Å². The molecule has 1 aromatic carbocycles. The molecule has 0 aliphatic heterocycles. The van der Waals surface area contributed by atoms with Crippen LogP contribution in [0.2, 0.25) is 10.0 Å². The van der Waals surface area contributed by atoms with Crippen LogP contribution in [-0.2, 0) is 4.79 Å². The van der Waals surface area contributed by atoms with E-state index in [-0.39, 0.29) is 24.8 Å². The van der Waals surface area contributed by atoms with Crippen LogP contribution < -0.4 is 0 Å². The van der Waals surface area contributed by atoms with E-state index in [0.29, 0.717) is 22.2 Å². The Morgan fingerprint density at radius 1 is 1.15 bits per heavy atom. The quantitative estimate of drug-likeness (QED) is 0.757. The van der Waals surface area contributed by atoms with Crippen LogP contribution in [0.1, 0.15) is 17.3 Å². The van der Waals surface area contributed by atoms with Crippen molar-refractivity contribution in [2.24, 2.45) is 0 Å². The molecule has 0 aromatic heterocycles. The first-order valence-corrected chi connectivity index (χ1v) is 7.01. The molecule has 0 fully saturated rings. The summed E-state index contributed by atoms with van der Waals surface area (Å²) in [7, 11) is 3.38. The molecule has 0 saturated heterocycles. The lowest BCUT2D eigenvalue weighted by atomic mass is 10.1. The van der Waals surface area contributed by atoms with E-state index in [0.717, 1.165) is 0 Å². The number of carbonyl (C=O) groups excluding carboxylic acids is 2. The molecular formula is C14H18Cl2N2O2. The molecule has 1 aromatic rings. The van der Waals surface area contributed by atoms with Gasteiger partial charge in [0.1, 0.15) is 0 Å². The minimum Gasteiger partial charge on any atom is -0.348 e. The fraction of sp³-hybridized carbons (Fsp3) is 0.429. The van der Waals surface area contributed by atoms with Gasteiger partial charge in [0, 0.05) is 24.7 Å². The lowest BCUT2D eigenvalue weighted by Gasteiger charge is -2.21. The SMILES string of the molecule is CCN(CC(=O)c1ccc(Cl)cc1Cl)CC(=O)N(C)C. The molecule has 0 bridgehead atoms. The number of Topliss-reactive ketones (excluding diaryl/α,β-unsaturated/α-hetero) is 1. The minimum absolute atomic E-state index is 0.0400. The van der Waals surface area contributed by atoms with Crippen LogP contribution in [0.4, 0.5) is 0 Å². The van der Waals surface area contributed by atoms with E-state index in [1.54, 1.807) is 31.1 Å². The number of rotatable bonds is 6. The van der Waals surface area contributed by atoms with Gasteiger partial charge in [0.25, 0.3) is 0 Å². The Morgan fingerprint density at radius 3 is 2.30 bits per heavy atom. The fourth-order valence-electron chi connectivity index (χ4n) is 1.62. The summed E-state index contributed by atoms with van der Waals surface area (Å²) in [6, 6.07) is 4.77. The highest BCUT2D eigenvalue weighted by molar-refractivity contribution is 6.36. The molecule has 0 unspecified atom stereocenters. The van der Waals surface area contributed by atoms with Gasteiger partial charge >= 0.3 is 0 Å². The first kappa shape index (κ1) is 17.0. The summed E-state index contributed by atoms with van der Waals surface area (Å²) in [5.74, 6) is -0.165. The number of benzene rings is 1. The lowest BCUT2D eigenvalue weighted by molar-refractivity contribution is -0.129. The second kappa shape index (κ2) is 7.62. The predicted molar refractivity (Wildman–Crippen MR) is 81.6 cm³/mol. The first-order chi connectivity index (χ1) is 9.35. The zero-order chi connectivity index (χ0) is 15.3. The highest BCUT2D eigenvalue weighted by atomic mass is 35.5. The topological polar surface area (TPSA) is 40.6 Å². The van der Waals surface area contributed by atoms with Crippen molar-refractivity contribution < 1.29 is 9.59 Å². The molecule has 1 rings (SSSR count). The summed E-state index contributed by atoms with van der Waals surface area (Å²) >= 11 is 11.8. The zero-order valence-electron chi connectivity index (χ0n) is 11.8. The maximum Gasteiger partial charge on any atom is 0.236 e. The number of ketones is 1. The molecule has 4 nitrogen and oxygen atoms in total. The van der Waals surface area contributed by atoms with E-state index in [1.165, 1.54) is 11.0 Å². The van der Waals surface area contributed by atoms with Crippen LogP contribution in [0.15, 0.2) is 18.2 Å². The van der Waals surface area contributed by atoms with Gasteiger partial charge in [-0.3, -0.25) is 14.5 Å². The van der Waals surface area contributed by atoms with Gasteiger partial charge in [0.05, 0.1) is 18.1 Å². The Kier molecular flexibility index (Phi) is 6.46. The monoisotopic (exact) mass is 316 g/mol. The third-order valence-corrected chi connectivity index (χ3v) is 3.45. The van der Waals surface area contributed by atoms with E-state index in [2.05, 4.69) is 0 Å². The number of hydrogen-bond acceptors (Lipinski definition) is 3. The predicted octanol–water partition coefficient (Wildman–Crippen LogP) is 2.59. The van der Waals surface area contributed by atoms with E-state index in [9.17, 15) is 9.59 Å². The molecular weight excluding hydrogens is 299 g/mol. The average molecular weight is 317 g/mol. The molecule has 0 aliphatic rings. The molecule has 20 heavy (non-hydrogen) atoms. The van der Waals surface area contributed by atoms with Crippen LogP contribution in [0, 0.1) is 0 Å². The van der Waals surface area contributed by atoms with E-state index in [4.69, 9.17) is 23.2 Å². The van der Waals surface area contributed by atoms with Crippen molar-refractivity contribution in [3.05, 3.63) is 33.8 Å². The molecule has 0 saturated carbocycles. The second-order valence-corrected chi connectivity index (χ2v) is 5.48. The van der Waals surface area contributed by atoms with Crippen LogP contribution in [-0.4, -0.2) is 55.2 Å². The summed E-state index contributed by atoms with van der Waals surface area (Å²) in [5, 5.41) is 0.819. The van der Waals surface area contributed by atoms with Crippen molar-refractivity contribution >= 4 is 34.9 Å². The molecule has 0 N–H and O–H groups in total. The molecule has 110 valence electrons. The average Bonchev–Trinajstić information content (AvgIpc) is 2.37. The lowest BCUT2D eigenvalue weighted by Crippen LogP contribution is -2.39. The van der Waals surface area contributed by atoms with Crippen LogP contribution in [0.5, 0.6) is 0 Å². The number of likely N-dealkylation sites (N-methyl/N-ethyl adjacent to an activating group) is 2. The minimum atomic E-state index is -0.125. The number of hydrogen-bond donors (Lipinski definition) is 0. The molecule has 6 heteroatoms. The van der Waals surface area contributed by atoms with Gasteiger partial charge in [0.2, 0.25) is 5.91 Å². The first-order valence-electron chi connectivity index (χ1n) is 6.26. The van der Waals surface area contributed by atoms with Gasteiger partial charge < -0.3 is 4.90 Å². The summed E-state index contributed by atoms with van der Waals surface area (Å²) in [6.45, 7) is 2.87. The van der Waals surface area contributed by atoms with Crippen molar-refractivity contribution in [1.82, 2.24) is 9.80 Å². The summed E-state index contributed by atoms with van der Waals surface area (Å²) in [5.41, 5.74) is 0.423. The Hall–Kier alpha value is -1.10. The van der Waals surface area contributed by atoms with Crippen LogP contribution in [0.3, 0.4) is 0 Å². The van der Waals surface area contributed by atoms with Crippen molar-refractivity contribution in [2.75, 3.05) is 33.7 Å². The standard InChI is InChI=1S/C14H18Cl2N2O2/c1-4-18(9-14(20)17(2)3)8-13(19)11-6-5-10(15)7-12(11)16/h5-7H,4,8-9H2,1-3H3. The highest BCUT2D eigenvalue weighted by Gasteiger charge is 2.17. The normalized spacial score (nSPS) is 10.7. The van der Waals surface area contributed by atoms with Gasteiger partial charge in [-0.05, 0) is 24.7 Å². The van der Waals surface area contributed by atoms with Crippen molar-refractivity contribution in [1.29, 1.82) is 0 Å². The number of halogens is 2. The van der Waals surface area contributed by atoms with E-state index in [1.807, 2.05) is 6.92 Å². The summed E-state index contributed by atoms with van der Waals surface area (Å²) in [6.07, 6.45) is 0. The molecule has 0 heterocycles. The van der Waals surface area contributed by atoms with Crippen molar-refractivity contribution in [3.8, 4) is 0 Å². The molecule has 0 aliphatic carbocycles. The summed E-state index contributed by atoms with van der Waals surface area (Å²) < 4.78 is 0. The van der Waals surface area contributed by atoms with Crippen molar-refractivity contribution in [3.63, 3.8) is 0 Å². The number of amides is 1. The van der Waals surface area contributed by atoms with Crippen molar-refractivity contribution in [2.45, 2.75) is 6.92 Å². The number of nitrogens with zero attached hydrogens (tertiary/aromatic N) is 2. The van der Waals surface area contributed by atoms with Gasteiger partial charge in [-0.25, -0.2) is 0 Å². The largest absolute Gasteiger partial charge is 0.348 e. The Balaban J connectivity index is 2.74. The Bertz CT molecular complexity index is 504. The Labute approximate surface area is 129 Å². The third-order valence-electron chi connectivity index (χ3n) is 2.90.